The van der Waals surface area contributed by atoms with Crippen LogP contribution in [-0.4, -0.2) is 39.8 Å². The van der Waals surface area contributed by atoms with E-state index in [4.69, 9.17) is 27.5 Å². The number of rotatable bonds is 3. The molecule has 0 radical (unpaired) electrons. The standard InChI is InChI=1S/C18H22ClN7O2/c1-25-18(26-7-2-3-10(20)5-8-26)12(9-23-25)24-17(27)13-14-15(28-16(13)21)11(19)4-6-22-14/h4,6,9-10H,2-3,5,7-8,20-21H2,1H3,(H,24,27)/t10-/m0/s1. The number of pyridine rings is 1. The van der Waals surface area contributed by atoms with Crippen LogP contribution < -0.4 is 21.7 Å². The molecule has 4 rings (SSSR count). The second kappa shape index (κ2) is 7.33. The normalized spacial score (nSPS) is 17.7. The molecule has 0 spiro atoms. The fourth-order valence-corrected chi connectivity index (χ4v) is 3.79. The number of aryl methyl sites for hydroxylation is 1. The Hall–Kier alpha value is -2.78. The number of nitrogens with two attached hydrogens (primary N) is 2. The summed E-state index contributed by atoms with van der Waals surface area (Å²) in [6.45, 7) is 1.65. The van der Waals surface area contributed by atoms with Crippen LogP contribution in [0.5, 0.6) is 0 Å². The van der Waals surface area contributed by atoms with E-state index in [1.165, 1.54) is 6.20 Å². The topological polar surface area (TPSA) is 128 Å². The van der Waals surface area contributed by atoms with Gasteiger partial charge in [-0.3, -0.25) is 14.5 Å². The summed E-state index contributed by atoms with van der Waals surface area (Å²) in [6, 6.07) is 1.78. The highest BCUT2D eigenvalue weighted by Crippen LogP contribution is 2.33. The molecule has 0 bridgehead atoms. The molecule has 0 unspecified atom stereocenters. The predicted molar refractivity (Wildman–Crippen MR) is 109 cm³/mol. The third kappa shape index (κ3) is 3.27. The number of furan rings is 1. The molecule has 1 saturated heterocycles. The average Bonchev–Trinajstić information content (AvgIpc) is 3.10. The summed E-state index contributed by atoms with van der Waals surface area (Å²) in [7, 11) is 1.85. The minimum absolute atomic E-state index is 0.0284. The first kappa shape index (κ1) is 18.6. The van der Waals surface area contributed by atoms with Crippen LogP contribution in [0.3, 0.4) is 0 Å². The molecule has 1 amide bonds. The summed E-state index contributed by atoms with van der Waals surface area (Å²) in [5, 5.41) is 7.56. The van der Waals surface area contributed by atoms with E-state index in [0.29, 0.717) is 21.8 Å². The monoisotopic (exact) mass is 403 g/mol. The lowest BCUT2D eigenvalue weighted by Crippen LogP contribution is -2.29. The van der Waals surface area contributed by atoms with Gasteiger partial charge in [-0.05, 0) is 25.3 Å². The molecule has 4 heterocycles. The largest absolute Gasteiger partial charge is 0.437 e. The molecule has 0 aliphatic carbocycles. The van der Waals surface area contributed by atoms with Gasteiger partial charge in [-0.2, -0.15) is 5.10 Å². The predicted octanol–water partition coefficient (Wildman–Crippen LogP) is 2.37. The number of halogens is 1. The van der Waals surface area contributed by atoms with Crippen molar-refractivity contribution in [1.29, 1.82) is 0 Å². The number of carbonyl (C=O) groups excluding carboxylic acids is 1. The highest BCUT2D eigenvalue weighted by Gasteiger charge is 2.25. The van der Waals surface area contributed by atoms with Crippen LogP contribution in [0, 0.1) is 0 Å². The minimum Gasteiger partial charge on any atom is -0.437 e. The molecule has 1 aliphatic rings. The van der Waals surface area contributed by atoms with Crippen LogP contribution in [0.25, 0.3) is 11.1 Å². The maximum atomic E-state index is 13.0. The average molecular weight is 404 g/mol. The van der Waals surface area contributed by atoms with E-state index in [0.717, 1.165) is 38.2 Å². The smallest absolute Gasteiger partial charge is 0.263 e. The maximum Gasteiger partial charge on any atom is 0.263 e. The van der Waals surface area contributed by atoms with Crippen LogP contribution in [-0.2, 0) is 7.05 Å². The van der Waals surface area contributed by atoms with E-state index in [-0.39, 0.29) is 17.5 Å². The molecule has 148 valence electrons. The summed E-state index contributed by atoms with van der Waals surface area (Å²) in [4.78, 5) is 19.4. The Kier molecular flexibility index (Phi) is 4.86. The summed E-state index contributed by atoms with van der Waals surface area (Å²) in [5.74, 6) is 0.380. The van der Waals surface area contributed by atoms with Gasteiger partial charge >= 0.3 is 0 Å². The van der Waals surface area contributed by atoms with Gasteiger partial charge < -0.3 is 26.1 Å². The quantitative estimate of drug-likeness (QED) is 0.612. The van der Waals surface area contributed by atoms with Crippen molar-refractivity contribution in [3.8, 4) is 0 Å². The molecule has 10 heteroatoms. The van der Waals surface area contributed by atoms with E-state index in [1.807, 2.05) is 7.05 Å². The number of hydrogen-bond acceptors (Lipinski definition) is 7. The van der Waals surface area contributed by atoms with Crippen molar-refractivity contribution in [3.63, 3.8) is 0 Å². The Labute approximate surface area is 166 Å². The second-order valence-electron chi connectivity index (χ2n) is 6.95. The highest BCUT2D eigenvalue weighted by molar-refractivity contribution is 6.35. The van der Waals surface area contributed by atoms with E-state index in [1.54, 1.807) is 16.9 Å². The van der Waals surface area contributed by atoms with Crippen molar-refractivity contribution in [3.05, 3.63) is 29.0 Å². The molecular formula is C18H22ClN7O2. The van der Waals surface area contributed by atoms with E-state index in [9.17, 15) is 4.79 Å². The third-order valence-corrected chi connectivity index (χ3v) is 5.30. The Morgan fingerprint density at radius 2 is 2.21 bits per heavy atom. The van der Waals surface area contributed by atoms with Gasteiger partial charge in [0.15, 0.2) is 11.4 Å². The molecular weight excluding hydrogens is 382 g/mol. The number of hydrogen-bond donors (Lipinski definition) is 3. The van der Waals surface area contributed by atoms with Gasteiger partial charge in [-0.1, -0.05) is 11.6 Å². The Morgan fingerprint density at radius 1 is 1.39 bits per heavy atom. The Bertz CT molecular complexity index is 1030. The van der Waals surface area contributed by atoms with Gasteiger partial charge in [0.05, 0.1) is 11.2 Å². The maximum absolute atomic E-state index is 13.0. The van der Waals surface area contributed by atoms with Gasteiger partial charge in [0.25, 0.3) is 5.91 Å². The lowest BCUT2D eigenvalue weighted by molar-refractivity contribution is 0.102. The van der Waals surface area contributed by atoms with Crippen LogP contribution >= 0.6 is 11.6 Å². The fourth-order valence-electron chi connectivity index (χ4n) is 3.61. The number of nitrogen functional groups attached to an aromatic ring is 1. The molecule has 0 saturated carbocycles. The van der Waals surface area contributed by atoms with E-state index < -0.39 is 5.91 Å². The second-order valence-corrected chi connectivity index (χ2v) is 7.36. The molecule has 9 nitrogen and oxygen atoms in total. The van der Waals surface area contributed by atoms with Crippen LogP contribution in [0.15, 0.2) is 22.9 Å². The van der Waals surface area contributed by atoms with Crippen molar-refractivity contribution >= 4 is 46.0 Å². The number of nitrogens with zero attached hydrogens (tertiary/aromatic N) is 4. The van der Waals surface area contributed by atoms with Crippen molar-refractivity contribution in [2.45, 2.75) is 25.3 Å². The summed E-state index contributed by atoms with van der Waals surface area (Å²) < 4.78 is 7.19. The number of amides is 1. The Morgan fingerprint density at radius 3 is 3.04 bits per heavy atom. The Balaban J connectivity index is 1.65. The third-order valence-electron chi connectivity index (χ3n) is 5.01. The number of aromatic nitrogens is 3. The number of anilines is 3. The SMILES string of the molecule is Cn1ncc(NC(=O)c2c(N)oc3c(Cl)ccnc23)c1N1CCC[C@H](N)CC1. The van der Waals surface area contributed by atoms with Gasteiger partial charge in [-0.15, -0.1) is 0 Å². The van der Waals surface area contributed by atoms with Gasteiger partial charge in [-0.25, -0.2) is 0 Å². The zero-order chi connectivity index (χ0) is 19.8. The van der Waals surface area contributed by atoms with Crippen LogP contribution in [0.2, 0.25) is 5.02 Å². The van der Waals surface area contributed by atoms with Crippen molar-refractivity contribution in [1.82, 2.24) is 14.8 Å². The molecule has 1 atom stereocenters. The zero-order valence-electron chi connectivity index (χ0n) is 15.5. The van der Waals surface area contributed by atoms with Gasteiger partial charge in [0.1, 0.15) is 16.8 Å². The zero-order valence-corrected chi connectivity index (χ0v) is 16.2. The van der Waals surface area contributed by atoms with E-state index in [2.05, 4.69) is 20.3 Å². The number of nitrogens with one attached hydrogen (secondary N) is 1. The fraction of sp³-hybridized carbons (Fsp3) is 0.389. The highest BCUT2D eigenvalue weighted by atomic mass is 35.5. The molecule has 5 N–H and O–H groups in total. The first-order valence-electron chi connectivity index (χ1n) is 9.12. The summed E-state index contributed by atoms with van der Waals surface area (Å²) in [5.41, 5.74) is 13.4. The minimum atomic E-state index is -0.424. The van der Waals surface area contributed by atoms with Crippen molar-refractivity contribution in [2.24, 2.45) is 12.8 Å². The van der Waals surface area contributed by atoms with Gasteiger partial charge in [0.2, 0.25) is 5.88 Å². The molecule has 28 heavy (non-hydrogen) atoms. The van der Waals surface area contributed by atoms with Crippen LogP contribution in [0.4, 0.5) is 17.4 Å². The van der Waals surface area contributed by atoms with E-state index >= 15 is 0 Å². The van der Waals surface area contributed by atoms with Crippen molar-refractivity contribution in [2.75, 3.05) is 29.0 Å². The summed E-state index contributed by atoms with van der Waals surface area (Å²) >= 11 is 6.11. The molecule has 1 fully saturated rings. The van der Waals surface area contributed by atoms with Gasteiger partial charge in [0, 0.05) is 32.4 Å². The number of carbonyl (C=O) groups is 1. The lowest BCUT2D eigenvalue weighted by atomic mass is 10.1. The molecule has 0 aromatic carbocycles. The molecule has 3 aromatic heterocycles. The molecule has 1 aliphatic heterocycles. The van der Waals surface area contributed by atoms with Crippen molar-refractivity contribution < 1.29 is 9.21 Å². The molecule has 3 aromatic rings. The van der Waals surface area contributed by atoms with Crippen LogP contribution in [0.1, 0.15) is 29.6 Å². The first-order chi connectivity index (χ1) is 13.5. The lowest BCUT2D eigenvalue weighted by Gasteiger charge is -2.24. The number of fused-ring (bicyclic) bond motifs is 1. The first-order valence-corrected chi connectivity index (χ1v) is 9.50. The summed E-state index contributed by atoms with van der Waals surface area (Å²) in [6.07, 6.45) is 5.99.